The number of methoxy groups -OCH3 is 1. The number of carbonyl (C=O) groups excluding carboxylic acids is 1. The van der Waals surface area contributed by atoms with Gasteiger partial charge in [-0.1, -0.05) is 12.2 Å². The second-order valence-electron chi connectivity index (χ2n) is 3.59. The molecular weight excluding hydrogens is 259 g/mol. The molecule has 0 spiro atoms. The molecule has 100 valence electrons. The summed E-state index contributed by atoms with van der Waals surface area (Å²) in [4.78, 5) is 10.9. The molecule has 0 aromatic heterocycles. The van der Waals surface area contributed by atoms with Gasteiger partial charge in [0.2, 0.25) is 0 Å². The second kappa shape index (κ2) is 6.05. The smallest absolute Gasteiger partial charge is 0.416 e. The zero-order chi connectivity index (χ0) is 14.5. The third kappa shape index (κ3) is 4.14. The van der Waals surface area contributed by atoms with Crippen molar-refractivity contribution in [1.82, 2.24) is 0 Å². The lowest BCUT2D eigenvalue weighted by Gasteiger charge is -2.08. The van der Waals surface area contributed by atoms with Crippen LogP contribution in [0.5, 0.6) is 0 Å². The van der Waals surface area contributed by atoms with Gasteiger partial charge in [-0.05, 0) is 23.8 Å². The van der Waals surface area contributed by atoms with Gasteiger partial charge in [0.05, 0.1) is 30.7 Å². The van der Waals surface area contributed by atoms with Gasteiger partial charge in [-0.15, -0.1) is 0 Å². The first-order valence-corrected chi connectivity index (χ1v) is 5.23. The molecule has 19 heavy (non-hydrogen) atoms. The Morgan fingerprint density at radius 1 is 1.47 bits per heavy atom. The van der Waals surface area contributed by atoms with Crippen molar-refractivity contribution in [3.05, 3.63) is 41.0 Å². The maximum Gasteiger partial charge on any atom is 0.416 e. The fourth-order valence-corrected chi connectivity index (χ4v) is 1.34. The highest BCUT2D eigenvalue weighted by Gasteiger charge is 2.30. The predicted octanol–water partition coefficient (Wildman–Crippen LogP) is 3.15. The molecule has 0 aliphatic carbocycles. The first kappa shape index (κ1) is 14.8. The molecule has 0 heterocycles. The summed E-state index contributed by atoms with van der Waals surface area (Å²) in [5, 5.41) is 8.81. The van der Waals surface area contributed by atoms with Gasteiger partial charge in [0.1, 0.15) is 0 Å². The van der Waals surface area contributed by atoms with E-state index in [9.17, 15) is 18.0 Å². The Hall–Kier alpha value is -2.29. The maximum absolute atomic E-state index is 12.5. The number of carbonyl (C=O) groups is 1. The van der Waals surface area contributed by atoms with E-state index in [1.807, 2.05) is 0 Å². The number of benzene rings is 1. The molecule has 1 rings (SSSR count). The fourth-order valence-electron chi connectivity index (χ4n) is 1.34. The Bertz CT molecular complexity index is 542. The summed E-state index contributed by atoms with van der Waals surface area (Å²) in [7, 11) is 1.21. The van der Waals surface area contributed by atoms with E-state index < -0.39 is 17.7 Å². The van der Waals surface area contributed by atoms with E-state index in [2.05, 4.69) is 4.74 Å². The van der Waals surface area contributed by atoms with Gasteiger partial charge >= 0.3 is 12.1 Å². The summed E-state index contributed by atoms with van der Waals surface area (Å²) >= 11 is 0. The van der Waals surface area contributed by atoms with Crippen LogP contribution in [-0.2, 0) is 15.7 Å². The van der Waals surface area contributed by atoms with Crippen molar-refractivity contribution < 1.29 is 22.7 Å². The Kier molecular flexibility index (Phi) is 4.70. The quantitative estimate of drug-likeness (QED) is 0.792. The molecule has 0 radical (unpaired) electrons. The second-order valence-corrected chi connectivity index (χ2v) is 3.59. The topological polar surface area (TPSA) is 50.1 Å². The van der Waals surface area contributed by atoms with Gasteiger partial charge in [-0.25, -0.2) is 0 Å². The molecule has 3 nitrogen and oxygen atoms in total. The molecule has 0 amide bonds. The molecule has 0 N–H and O–H groups in total. The van der Waals surface area contributed by atoms with E-state index in [-0.39, 0.29) is 17.5 Å². The summed E-state index contributed by atoms with van der Waals surface area (Å²) < 4.78 is 42.0. The normalized spacial score (nSPS) is 11.3. The Morgan fingerprint density at radius 3 is 2.68 bits per heavy atom. The lowest BCUT2D eigenvalue weighted by molar-refractivity contribution is -0.139. The van der Waals surface area contributed by atoms with Crippen molar-refractivity contribution in [1.29, 1.82) is 5.26 Å². The summed E-state index contributed by atoms with van der Waals surface area (Å²) in [5.41, 5.74) is -0.625. The van der Waals surface area contributed by atoms with Gasteiger partial charge in [-0.2, -0.15) is 18.4 Å². The molecule has 1 aromatic rings. The largest absolute Gasteiger partial charge is 0.469 e. The lowest BCUT2D eigenvalue weighted by Crippen LogP contribution is -2.05. The molecule has 1 aromatic carbocycles. The number of esters is 1. The first-order valence-electron chi connectivity index (χ1n) is 5.23. The van der Waals surface area contributed by atoms with Gasteiger partial charge in [0, 0.05) is 0 Å². The number of nitriles is 1. The van der Waals surface area contributed by atoms with E-state index in [4.69, 9.17) is 5.26 Å². The maximum atomic E-state index is 12.5. The molecule has 0 bridgehead atoms. The molecule has 0 saturated heterocycles. The minimum absolute atomic E-state index is 0.0718. The van der Waals surface area contributed by atoms with Gasteiger partial charge in [0.15, 0.2) is 0 Å². The number of alkyl halides is 3. The zero-order valence-electron chi connectivity index (χ0n) is 9.99. The average molecular weight is 269 g/mol. The third-order valence-electron chi connectivity index (χ3n) is 2.31. The van der Waals surface area contributed by atoms with Crippen LogP contribution in [0.1, 0.15) is 23.1 Å². The summed E-state index contributed by atoms with van der Waals surface area (Å²) in [6, 6.07) is 4.60. The van der Waals surface area contributed by atoms with Crippen LogP contribution in [-0.4, -0.2) is 13.1 Å². The van der Waals surface area contributed by atoms with Crippen LogP contribution in [0.2, 0.25) is 0 Å². The van der Waals surface area contributed by atoms with Crippen LogP contribution in [0, 0.1) is 11.3 Å². The molecule has 0 aliphatic heterocycles. The van der Waals surface area contributed by atoms with Gasteiger partial charge in [0.25, 0.3) is 0 Å². The third-order valence-corrected chi connectivity index (χ3v) is 2.31. The number of hydrogen-bond acceptors (Lipinski definition) is 3. The first-order chi connectivity index (χ1) is 8.88. The van der Waals surface area contributed by atoms with Crippen molar-refractivity contribution in [2.45, 2.75) is 12.6 Å². The predicted molar refractivity (Wildman–Crippen MR) is 61.8 cm³/mol. The highest BCUT2D eigenvalue weighted by Crippen LogP contribution is 2.30. The minimum Gasteiger partial charge on any atom is -0.469 e. The average Bonchev–Trinajstić information content (AvgIpc) is 2.37. The Labute approximate surface area is 107 Å². The highest BCUT2D eigenvalue weighted by molar-refractivity contribution is 5.73. The highest BCUT2D eigenvalue weighted by atomic mass is 19.4. The van der Waals surface area contributed by atoms with E-state index in [0.29, 0.717) is 0 Å². The Balaban J connectivity index is 3.04. The number of ether oxygens (including phenoxy) is 1. The minimum atomic E-state index is -4.47. The van der Waals surface area contributed by atoms with Crippen LogP contribution in [0.4, 0.5) is 13.2 Å². The fraction of sp³-hybridized carbons (Fsp3) is 0.231. The summed E-state index contributed by atoms with van der Waals surface area (Å²) in [6.07, 6.45) is -1.90. The van der Waals surface area contributed by atoms with Crippen LogP contribution in [0.25, 0.3) is 6.08 Å². The number of rotatable bonds is 3. The molecule has 0 unspecified atom stereocenters. The van der Waals surface area contributed by atoms with Gasteiger partial charge < -0.3 is 4.74 Å². The number of halogens is 3. The SMILES string of the molecule is COC(=O)CC=Cc1cc(C(F)(F)F)ccc1C#N. The van der Waals surface area contributed by atoms with E-state index in [1.165, 1.54) is 19.3 Å². The standard InChI is InChI=1S/C13H10F3NO2/c1-19-12(18)4-2-3-9-7-11(13(14,15)16)6-5-10(9)8-17/h2-3,5-7H,4H2,1H3. The Morgan fingerprint density at radius 2 is 2.16 bits per heavy atom. The summed E-state index contributed by atoms with van der Waals surface area (Å²) in [6.45, 7) is 0. The summed E-state index contributed by atoms with van der Waals surface area (Å²) in [5.74, 6) is -0.512. The molecule has 0 atom stereocenters. The molecular formula is C13H10F3NO2. The number of nitrogens with zero attached hydrogens (tertiary/aromatic N) is 1. The van der Waals surface area contributed by atoms with E-state index >= 15 is 0 Å². The van der Waals surface area contributed by atoms with Gasteiger partial charge in [-0.3, -0.25) is 4.79 Å². The van der Waals surface area contributed by atoms with Crippen LogP contribution >= 0.6 is 0 Å². The van der Waals surface area contributed by atoms with Crippen molar-refractivity contribution in [2.75, 3.05) is 7.11 Å². The van der Waals surface area contributed by atoms with Crippen LogP contribution in [0.15, 0.2) is 24.3 Å². The zero-order valence-corrected chi connectivity index (χ0v) is 9.99. The number of hydrogen-bond donors (Lipinski definition) is 0. The molecule has 0 aliphatic rings. The van der Waals surface area contributed by atoms with E-state index in [1.54, 1.807) is 6.07 Å². The van der Waals surface area contributed by atoms with Crippen molar-refractivity contribution >= 4 is 12.0 Å². The van der Waals surface area contributed by atoms with Crippen molar-refractivity contribution in [2.24, 2.45) is 0 Å². The molecule has 6 heteroatoms. The molecule has 0 saturated carbocycles. The van der Waals surface area contributed by atoms with Crippen LogP contribution in [0.3, 0.4) is 0 Å². The van der Waals surface area contributed by atoms with E-state index in [0.717, 1.165) is 18.2 Å². The van der Waals surface area contributed by atoms with Crippen molar-refractivity contribution in [3.63, 3.8) is 0 Å². The van der Waals surface area contributed by atoms with Crippen molar-refractivity contribution in [3.8, 4) is 6.07 Å². The monoisotopic (exact) mass is 269 g/mol. The van der Waals surface area contributed by atoms with Crippen LogP contribution < -0.4 is 0 Å². The molecule has 0 fully saturated rings. The lowest BCUT2D eigenvalue weighted by atomic mass is 10.0.